The van der Waals surface area contributed by atoms with Crippen LogP contribution in [0.25, 0.3) is 0 Å². The number of nitrogens with one attached hydrogen (secondary N) is 2. The molecule has 0 unspecified atom stereocenters. The molecule has 3 amide bonds. The van der Waals surface area contributed by atoms with E-state index in [1.165, 1.54) is 18.8 Å². The molecule has 0 aliphatic carbocycles. The van der Waals surface area contributed by atoms with Gasteiger partial charge in [0.2, 0.25) is 11.1 Å². The van der Waals surface area contributed by atoms with E-state index < -0.39 is 11.9 Å². The number of nitrogens with zero attached hydrogens (tertiary/aromatic N) is 4. The minimum Gasteiger partial charge on any atom is -0.341 e. The van der Waals surface area contributed by atoms with Crippen molar-refractivity contribution in [2.45, 2.75) is 31.5 Å². The average molecular weight is 272 g/mol. The number of hydrogen-bond acceptors (Lipinski definition) is 6. The molecule has 18 heavy (non-hydrogen) atoms. The number of carbonyl (C=O) groups is 2. The van der Waals surface area contributed by atoms with Crippen molar-refractivity contribution < 1.29 is 9.59 Å². The average Bonchev–Trinajstić information content (AvgIpc) is 2.74. The molecule has 0 radical (unpaired) electrons. The van der Waals surface area contributed by atoms with Crippen molar-refractivity contribution in [2.75, 3.05) is 12.8 Å². The van der Waals surface area contributed by atoms with E-state index in [1.807, 2.05) is 20.8 Å². The summed E-state index contributed by atoms with van der Waals surface area (Å²) < 4.78 is 1.63. The fourth-order valence-electron chi connectivity index (χ4n) is 1.05. The molecule has 0 saturated carbocycles. The number of aromatic nitrogens is 4. The predicted molar refractivity (Wildman–Crippen MR) is 66.1 cm³/mol. The lowest BCUT2D eigenvalue weighted by Crippen LogP contribution is -2.38. The highest BCUT2D eigenvalue weighted by Gasteiger charge is 2.20. The molecule has 1 rings (SSSR count). The van der Waals surface area contributed by atoms with Gasteiger partial charge in [0, 0.05) is 7.05 Å². The lowest BCUT2D eigenvalue weighted by Gasteiger charge is -2.19. The highest BCUT2D eigenvalue weighted by Crippen LogP contribution is 2.20. The molecule has 0 aliphatic heterocycles. The normalized spacial score (nSPS) is 11.1. The van der Waals surface area contributed by atoms with Crippen molar-refractivity contribution >= 4 is 23.7 Å². The molecule has 0 atom stereocenters. The first-order valence-corrected chi connectivity index (χ1v) is 6.26. The first kappa shape index (κ1) is 14.4. The van der Waals surface area contributed by atoms with Crippen molar-refractivity contribution in [1.82, 2.24) is 30.8 Å². The van der Waals surface area contributed by atoms with Gasteiger partial charge >= 0.3 is 6.03 Å². The van der Waals surface area contributed by atoms with Crippen LogP contribution in [0.2, 0.25) is 0 Å². The van der Waals surface area contributed by atoms with Crippen molar-refractivity contribution in [3.8, 4) is 0 Å². The minimum absolute atomic E-state index is 0.0733. The van der Waals surface area contributed by atoms with Crippen LogP contribution in [-0.4, -0.2) is 44.9 Å². The van der Waals surface area contributed by atoms with Crippen LogP contribution in [0.5, 0.6) is 0 Å². The SMILES string of the molecule is CNC(=O)NC(=O)CSc1nnnn1C(C)(C)C. The van der Waals surface area contributed by atoms with Crippen molar-refractivity contribution in [3.05, 3.63) is 0 Å². The minimum atomic E-state index is -0.531. The van der Waals surface area contributed by atoms with E-state index in [9.17, 15) is 9.59 Å². The van der Waals surface area contributed by atoms with Gasteiger partial charge in [-0.05, 0) is 31.2 Å². The number of thioether (sulfide) groups is 1. The molecular weight excluding hydrogens is 256 g/mol. The Morgan fingerprint density at radius 2 is 2.06 bits per heavy atom. The van der Waals surface area contributed by atoms with Crippen LogP contribution < -0.4 is 10.6 Å². The van der Waals surface area contributed by atoms with E-state index in [0.29, 0.717) is 5.16 Å². The topological polar surface area (TPSA) is 102 Å². The Labute approximate surface area is 109 Å². The Morgan fingerprint density at radius 1 is 1.39 bits per heavy atom. The first-order valence-electron chi connectivity index (χ1n) is 5.28. The summed E-state index contributed by atoms with van der Waals surface area (Å²) in [7, 11) is 1.44. The Hall–Kier alpha value is -1.64. The van der Waals surface area contributed by atoms with E-state index in [4.69, 9.17) is 0 Å². The summed E-state index contributed by atoms with van der Waals surface area (Å²) in [6, 6.07) is -0.531. The summed E-state index contributed by atoms with van der Waals surface area (Å²) in [6.07, 6.45) is 0. The molecule has 0 fully saturated rings. The van der Waals surface area contributed by atoms with Gasteiger partial charge in [0.05, 0.1) is 11.3 Å². The van der Waals surface area contributed by atoms with Crippen LogP contribution in [0.15, 0.2) is 5.16 Å². The molecular formula is C9H16N6O2S. The standard InChI is InChI=1S/C9H16N6O2S/c1-9(2,3)15-8(12-13-14-15)18-5-6(16)11-7(17)10-4/h5H2,1-4H3,(H2,10,11,16,17). The Bertz CT molecular complexity index is 439. The molecule has 0 aromatic carbocycles. The third kappa shape index (κ3) is 3.99. The van der Waals surface area contributed by atoms with E-state index in [-0.39, 0.29) is 11.3 Å². The van der Waals surface area contributed by atoms with E-state index in [0.717, 1.165) is 0 Å². The third-order valence-corrected chi connectivity index (χ3v) is 2.81. The summed E-state index contributed by atoms with van der Waals surface area (Å²) in [5, 5.41) is 16.3. The molecule has 1 aromatic heterocycles. The van der Waals surface area contributed by atoms with Gasteiger partial charge in [-0.3, -0.25) is 10.1 Å². The molecule has 0 spiro atoms. The van der Waals surface area contributed by atoms with Crippen molar-refractivity contribution in [3.63, 3.8) is 0 Å². The van der Waals surface area contributed by atoms with Crippen molar-refractivity contribution in [2.24, 2.45) is 0 Å². The summed E-state index contributed by atoms with van der Waals surface area (Å²) in [4.78, 5) is 22.3. The fourth-order valence-corrected chi connectivity index (χ4v) is 1.90. The smallest absolute Gasteiger partial charge is 0.321 e. The maximum atomic E-state index is 11.4. The highest BCUT2D eigenvalue weighted by molar-refractivity contribution is 7.99. The van der Waals surface area contributed by atoms with Gasteiger partial charge in [0.1, 0.15) is 0 Å². The largest absolute Gasteiger partial charge is 0.341 e. The van der Waals surface area contributed by atoms with Crippen LogP contribution in [0.1, 0.15) is 20.8 Å². The fraction of sp³-hybridized carbons (Fsp3) is 0.667. The van der Waals surface area contributed by atoms with E-state index in [2.05, 4.69) is 26.2 Å². The molecule has 0 bridgehead atoms. The Kier molecular flexibility index (Phi) is 4.65. The summed E-state index contributed by atoms with van der Waals surface area (Å²) in [5.74, 6) is -0.327. The van der Waals surface area contributed by atoms with Gasteiger partial charge in [-0.1, -0.05) is 11.8 Å². The molecule has 9 heteroatoms. The van der Waals surface area contributed by atoms with Gasteiger partial charge in [0.25, 0.3) is 0 Å². The molecule has 1 aromatic rings. The van der Waals surface area contributed by atoms with E-state index in [1.54, 1.807) is 4.68 Å². The lowest BCUT2D eigenvalue weighted by molar-refractivity contribution is -0.117. The summed E-state index contributed by atoms with van der Waals surface area (Å²) in [6.45, 7) is 5.87. The van der Waals surface area contributed by atoms with Gasteiger partial charge in [-0.2, -0.15) is 0 Å². The number of carbonyl (C=O) groups excluding carboxylic acids is 2. The molecule has 8 nitrogen and oxygen atoms in total. The monoisotopic (exact) mass is 272 g/mol. The predicted octanol–water partition coefficient (Wildman–Crippen LogP) is -0.0242. The number of urea groups is 1. The number of tetrazole rings is 1. The van der Waals surface area contributed by atoms with Crippen molar-refractivity contribution in [1.29, 1.82) is 0 Å². The zero-order valence-electron chi connectivity index (χ0n) is 10.7. The molecule has 0 saturated heterocycles. The quantitative estimate of drug-likeness (QED) is 0.750. The van der Waals surface area contributed by atoms with Crippen LogP contribution in [0, 0.1) is 0 Å². The second-order valence-corrected chi connectivity index (χ2v) is 5.40. The summed E-state index contributed by atoms with van der Waals surface area (Å²) >= 11 is 1.18. The highest BCUT2D eigenvalue weighted by atomic mass is 32.2. The van der Waals surface area contributed by atoms with Gasteiger partial charge in [-0.15, -0.1) is 5.10 Å². The third-order valence-electron chi connectivity index (χ3n) is 1.89. The Morgan fingerprint density at radius 3 is 2.61 bits per heavy atom. The van der Waals surface area contributed by atoms with Crippen LogP contribution in [-0.2, 0) is 10.3 Å². The maximum Gasteiger partial charge on any atom is 0.321 e. The van der Waals surface area contributed by atoms with Crippen LogP contribution >= 0.6 is 11.8 Å². The number of amides is 3. The van der Waals surface area contributed by atoms with Gasteiger partial charge in [0.15, 0.2) is 0 Å². The summed E-state index contributed by atoms with van der Waals surface area (Å²) in [5.41, 5.74) is -0.261. The molecule has 1 heterocycles. The maximum absolute atomic E-state index is 11.4. The first-order chi connectivity index (χ1) is 8.34. The number of imide groups is 1. The second-order valence-electron chi connectivity index (χ2n) is 4.46. The van der Waals surface area contributed by atoms with E-state index >= 15 is 0 Å². The molecule has 0 aliphatic rings. The second kappa shape index (κ2) is 5.80. The van der Waals surface area contributed by atoms with Crippen LogP contribution in [0.3, 0.4) is 0 Å². The Balaban J connectivity index is 2.57. The number of rotatable bonds is 3. The van der Waals surface area contributed by atoms with Gasteiger partial charge in [-0.25, -0.2) is 9.48 Å². The zero-order valence-corrected chi connectivity index (χ0v) is 11.5. The zero-order chi connectivity index (χ0) is 13.8. The van der Waals surface area contributed by atoms with Gasteiger partial charge < -0.3 is 5.32 Å². The molecule has 100 valence electrons. The lowest BCUT2D eigenvalue weighted by atomic mass is 10.1. The number of hydrogen-bond donors (Lipinski definition) is 2. The molecule has 2 N–H and O–H groups in total. The van der Waals surface area contributed by atoms with Crippen LogP contribution in [0.4, 0.5) is 4.79 Å².